The lowest BCUT2D eigenvalue weighted by molar-refractivity contribution is -0.141. The summed E-state index contributed by atoms with van der Waals surface area (Å²) in [5.41, 5.74) is 2.28. The Labute approximate surface area is 247 Å². The molecule has 1 aromatic carbocycles. The zero-order valence-electron chi connectivity index (χ0n) is 24.1. The number of hydrogen-bond acceptors (Lipinski definition) is 8. The number of benzene rings is 1. The number of carbonyl (C=O) groups is 1. The molecule has 1 fully saturated rings. The van der Waals surface area contributed by atoms with E-state index in [1.807, 2.05) is 24.6 Å². The second kappa shape index (κ2) is 14.3. The van der Waals surface area contributed by atoms with Gasteiger partial charge in [-0.2, -0.15) is 4.31 Å². The van der Waals surface area contributed by atoms with E-state index >= 15 is 0 Å². The first-order valence-electron chi connectivity index (χ1n) is 13.9. The molecule has 0 aliphatic carbocycles. The number of rotatable bonds is 12. The lowest BCUT2D eigenvalue weighted by Gasteiger charge is -2.33. The van der Waals surface area contributed by atoms with Gasteiger partial charge < -0.3 is 19.0 Å². The summed E-state index contributed by atoms with van der Waals surface area (Å²) in [5, 5.41) is 0. The largest absolute Gasteiger partial charge is 0.493 e. The van der Waals surface area contributed by atoms with Crippen molar-refractivity contribution >= 4 is 39.4 Å². The fraction of sp³-hybridized carbons (Fsp3) is 0.536. The number of piperazine rings is 1. The third-order valence-corrected chi connectivity index (χ3v) is 8.90. The Kier molecular flexibility index (Phi) is 11.4. The average Bonchev–Trinajstić information content (AvgIpc) is 3.30. The molecule has 1 aliphatic rings. The summed E-state index contributed by atoms with van der Waals surface area (Å²) in [6.45, 7) is 11.0. The van der Waals surface area contributed by atoms with Crippen LogP contribution in [0.15, 0.2) is 34.1 Å². The van der Waals surface area contributed by atoms with Crippen LogP contribution in [0.4, 0.5) is 0 Å². The van der Waals surface area contributed by atoms with Crippen LogP contribution in [-0.2, 0) is 32.5 Å². The fourth-order valence-electron chi connectivity index (χ4n) is 4.95. The topological polar surface area (TPSA) is 127 Å². The molecule has 13 heteroatoms. The molecule has 0 atom stereocenters. The van der Waals surface area contributed by atoms with Crippen molar-refractivity contribution in [2.24, 2.45) is 0 Å². The summed E-state index contributed by atoms with van der Waals surface area (Å²) in [7, 11) is -3.81. The van der Waals surface area contributed by atoms with Crippen LogP contribution in [0.25, 0.3) is 22.4 Å². The third-order valence-electron chi connectivity index (χ3n) is 7.01. The predicted molar refractivity (Wildman–Crippen MR) is 160 cm³/mol. The molecule has 1 N–H and O–H groups in total. The van der Waals surface area contributed by atoms with Gasteiger partial charge in [0.2, 0.25) is 10.0 Å². The first-order valence-corrected chi connectivity index (χ1v) is 15.4. The van der Waals surface area contributed by atoms with E-state index in [2.05, 4.69) is 16.8 Å². The number of carbonyl (C=O) groups excluding carboxylic acids is 1. The normalized spacial score (nSPS) is 14.6. The number of H-pyrrole nitrogens is 1. The van der Waals surface area contributed by atoms with Gasteiger partial charge in [0.05, 0.1) is 22.6 Å². The molecule has 0 spiro atoms. The highest BCUT2D eigenvalue weighted by Crippen LogP contribution is 2.33. The zero-order valence-corrected chi connectivity index (χ0v) is 25.8. The number of esters is 1. The molecule has 11 nitrogen and oxygen atoms in total. The van der Waals surface area contributed by atoms with Gasteiger partial charge in [0.25, 0.3) is 5.56 Å². The van der Waals surface area contributed by atoms with Crippen molar-refractivity contribution < 1.29 is 22.7 Å². The van der Waals surface area contributed by atoms with E-state index in [0.717, 1.165) is 24.8 Å². The number of nitrogens with zero attached hydrogens (tertiary/aromatic N) is 4. The Morgan fingerprint density at radius 3 is 2.44 bits per heavy atom. The molecule has 4 rings (SSSR count). The lowest BCUT2D eigenvalue weighted by atomic mass is 10.1. The predicted octanol–water partition coefficient (Wildman–Crippen LogP) is 3.44. The average molecular weight is 610 g/mol. The number of sulfonamides is 1. The quantitative estimate of drug-likeness (QED) is 0.309. The summed E-state index contributed by atoms with van der Waals surface area (Å²) in [6.07, 6.45) is 4.42. The number of aryl methyl sites for hydroxylation is 2. The monoisotopic (exact) mass is 609 g/mol. The smallest absolute Gasteiger partial charge is 0.302 e. The van der Waals surface area contributed by atoms with Crippen LogP contribution in [0, 0.1) is 0 Å². The summed E-state index contributed by atoms with van der Waals surface area (Å²) >= 11 is 0. The highest BCUT2D eigenvalue weighted by atomic mass is 35.5. The Hall–Kier alpha value is -2.93. The van der Waals surface area contributed by atoms with Crippen LogP contribution in [-0.4, -0.2) is 84.1 Å². The highest BCUT2D eigenvalue weighted by molar-refractivity contribution is 7.89. The van der Waals surface area contributed by atoms with E-state index in [-0.39, 0.29) is 41.3 Å². The van der Waals surface area contributed by atoms with E-state index in [1.54, 1.807) is 18.2 Å². The van der Waals surface area contributed by atoms with Gasteiger partial charge >= 0.3 is 5.97 Å². The molecule has 226 valence electrons. The molecule has 3 heterocycles. The molecular weight excluding hydrogens is 570 g/mol. The van der Waals surface area contributed by atoms with Crippen LogP contribution in [0.1, 0.15) is 46.1 Å². The summed E-state index contributed by atoms with van der Waals surface area (Å²) < 4.78 is 41.7. The van der Waals surface area contributed by atoms with Gasteiger partial charge in [0.15, 0.2) is 0 Å². The second-order valence-corrected chi connectivity index (χ2v) is 11.8. The first-order chi connectivity index (χ1) is 19.2. The van der Waals surface area contributed by atoms with Gasteiger partial charge in [-0.25, -0.2) is 13.4 Å². The van der Waals surface area contributed by atoms with Gasteiger partial charge in [0.1, 0.15) is 23.7 Å². The van der Waals surface area contributed by atoms with Gasteiger partial charge in [-0.3, -0.25) is 14.5 Å². The molecule has 41 heavy (non-hydrogen) atoms. The van der Waals surface area contributed by atoms with Crippen LogP contribution in [0.2, 0.25) is 0 Å². The van der Waals surface area contributed by atoms with Crippen LogP contribution in [0.5, 0.6) is 5.75 Å². The second-order valence-electron chi connectivity index (χ2n) is 9.89. The minimum Gasteiger partial charge on any atom is -0.493 e. The van der Waals surface area contributed by atoms with E-state index < -0.39 is 10.0 Å². The fourth-order valence-corrected chi connectivity index (χ4v) is 6.40. The van der Waals surface area contributed by atoms with Gasteiger partial charge in [-0.1, -0.05) is 20.3 Å². The molecule has 0 bridgehead atoms. The summed E-state index contributed by atoms with van der Waals surface area (Å²) in [6, 6.07) is 4.74. The SMILES string of the molecule is CCCOc1ccc(S(=O)(=O)N2CCN(CCOC(C)=O)CC2)cc1-c1nc2c(CCC)cn(CC)c2c(=O)[nH]1.Cl. The molecule has 0 amide bonds. The molecule has 0 unspecified atom stereocenters. The Bertz CT molecular complexity index is 1510. The number of ether oxygens (including phenoxy) is 2. The molecule has 2 aromatic heterocycles. The van der Waals surface area contributed by atoms with Crippen molar-refractivity contribution in [3.8, 4) is 17.1 Å². The molecule has 3 aromatic rings. The van der Waals surface area contributed by atoms with Crippen molar-refractivity contribution in [2.75, 3.05) is 45.9 Å². The maximum absolute atomic E-state index is 13.7. The summed E-state index contributed by atoms with van der Waals surface area (Å²) in [5.74, 6) is 0.413. The first kappa shape index (κ1) is 32.6. The molecule has 0 radical (unpaired) electrons. The van der Waals surface area contributed by atoms with Crippen molar-refractivity contribution in [3.63, 3.8) is 0 Å². The number of aromatic nitrogens is 3. The molecule has 0 saturated carbocycles. The Morgan fingerprint density at radius 1 is 1.07 bits per heavy atom. The molecule has 1 aliphatic heterocycles. The maximum atomic E-state index is 13.7. The third kappa shape index (κ3) is 7.29. The zero-order chi connectivity index (χ0) is 28.9. The highest BCUT2D eigenvalue weighted by Gasteiger charge is 2.30. The van der Waals surface area contributed by atoms with Crippen LogP contribution >= 0.6 is 12.4 Å². The number of nitrogens with one attached hydrogen (secondary N) is 1. The van der Waals surface area contributed by atoms with Crippen molar-refractivity contribution in [2.45, 2.75) is 58.4 Å². The van der Waals surface area contributed by atoms with Crippen LogP contribution < -0.4 is 10.3 Å². The summed E-state index contributed by atoms with van der Waals surface area (Å²) in [4.78, 5) is 34.2. The van der Waals surface area contributed by atoms with Crippen LogP contribution in [0.3, 0.4) is 0 Å². The Balaban J connectivity index is 0.00000462. The standard InChI is InChI=1S/C28H39N5O6S.ClH/c1-5-8-21-19-32(7-3)26-25(21)29-27(30-28(26)35)23-18-22(9-10-24(23)39-16-6-2)40(36,37)33-13-11-31(12-14-33)15-17-38-20(4)34;/h9-10,18-19H,5-8,11-17H2,1-4H3,(H,29,30,35);1H. The van der Waals surface area contributed by atoms with Gasteiger partial charge in [-0.05, 0) is 43.5 Å². The van der Waals surface area contributed by atoms with Crippen molar-refractivity contribution in [3.05, 3.63) is 40.3 Å². The minimum atomic E-state index is -3.81. The number of aromatic amines is 1. The number of halogens is 1. The van der Waals surface area contributed by atoms with E-state index in [1.165, 1.54) is 11.2 Å². The van der Waals surface area contributed by atoms with E-state index in [4.69, 9.17) is 14.5 Å². The lowest BCUT2D eigenvalue weighted by Crippen LogP contribution is -2.49. The van der Waals surface area contributed by atoms with Gasteiger partial charge in [-0.15, -0.1) is 12.4 Å². The minimum absolute atomic E-state index is 0. The van der Waals surface area contributed by atoms with E-state index in [9.17, 15) is 18.0 Å². The van der Waals surface area contributed by atoms with E-state index in [0.29, 0.717) is 68.2 Å². The van der Waals surface area contributed by atoms with Crippen molar-refractivity contribution in [1.29, 1.82) is 0 Å². The number of fused-ring (bicyclic) bond motifs is 1. The molecule has 1 saturated heterocycles. The molecular formula is C28H40ClN5O6S. The Morgan fingerprint density at radius 2 is 1.80 bits per heavy atom. The van der Waals surface area contributed by atoms with Gasteiger partial charge in [0, 0.05) is 52.4 Å². The maximum Gasteiger partial charge on any atom is 0.302 e. The van der Waals surface area contributed by atoms with Crippen molar-refractivity contribution in [1.82, 2.24) is 23.7 Å². The number of hydrogen-bond donors (Lipinski definition) is 1.